The summed E-state index contributed by atoms with van der Waals surface area (Å²) < 4.78 is 0. The Morgan fingerprint density at radius 2 is 2.19 bits per heavy atom. The average Bonchev–Trinajstić information content (AvgIpc) is 2.27. The molecule has 1 aromatic carbocycles. The molecule has 1 atom stereocenters. The minimum Gasteiger partial charge on any atom is -0.324 e. The fraction of sp³-hybridized carbons (Fsp3) is 0.214. The van der Waals surface area contributed by atoms with Gasteiger partial charge in [-0.25, -0.2) is 0 Å². The molecule has 2 nitrogen and oxygen atoms in total. The number of nitrogens with two attached hydrogens (primary N) is 1. The molecule has 0 aliphatic heterocycles. The predicted octanol–water partition coefficient (Wildman–Crippen LogP) is 3.24. The van der Waals surface area contributed by atoms with Gasteiger partial charge in [0, 0.05) is 6.04 Å². The summed E-state index contributed by atoms with van der Waals surface area (Å²) in [5, 5.41) is 0. The summed E-state index contributed by atoms with van der Waals surface area (Å²) in [4.78, 5) is 3.88. The van der Waals surface area contributed by atoms with E-state index in [2.05, 4.69) is 37.3 Å². The van der Waals surface area contributed by atoms with Crippen LogP contribution in [0.1, 0.15) is 29.7 Å². The fourth-order valence-electron chi connectivity index (χ4n) is 1.43. The summed E-state index contributed by atoms with van der Waals surface area (Å²) >= 11 is 0. The first-order valence-electron chi connectivity index (χ1n) is 5.25. The Labute approximate surface area is 97.2 Å². The van der Waals surface area contributed by atoms with Gasteiger partial charge in [0.1, 0.15) is 0 Å². The maximum Gasteiger partial charge on any atom is 0.0622 e. The number of allylic oxidation sites excluding steroid dienone is 1. The van der Waals surface area contributed by atoms with Crippen LogP contribution in [0.5, 0.6) is 0 Å². The molecule has 0 saturated carbocycles. The molecule has 0 aromatic heterocycles. The first kappa shape index (κ1) is 12.4. The summed E-state index contributed by atoms with van der Waals surface area (Å²) in [5.74, 6) is 0. The minimum atomic E-state index is 0.0385. The molecule has 0 heterocycles. The van der Waals surface area contributed by atoms with Gasteiger partial charge in [0.15, 0.2) is 0 Å². The largest absolute Gasteiger partial charge is 0.324 e. The molecule has 1 aromatic rings. The number of hydrogen-bond acceptors (Lipinski definition) is 2. The zero-order valence-electron chi connectivity index (χ0n) is 9.90. The van der Waals surface area contributed by atoms with Gasteiger partial charge in [0.25, 0.3) is 0 Å². The predicted molar refractivity (Wildman–Crippen MR) is 71.5 cm³/mol. The monoisotopic (exact) mass is 214 g/mol. The number of nitrogens with zero attached hydrogens (tertiary/aromatic N) is 1. The summed E-state index contributed by atoms with van der Waals surface area (Å²) in [6, 6.07) is 6.23. The molecule has 16 heavy (non-hydrogen) atoms. The van der Waals surface area contributed by atoms with Crippen molar-refractivity contribution in [1.29, 1.82) is 0 Å². The third kappa shape index (κ3) is 2.91. The molecule has 0 aliphatic rings. The molecule has 84 valence electrons. The molecule has 0 radical (unpaired) electrons. The van der Waals surface area contributed by atoms with Gasteiger partial charge < -0.3 is 5.73 Å². The van der Waals surface area contributed by atoms with Gasteiger partial charge >= 0.3 is 0 Å². The van der Waals surface area contributed by atoms with Gasteiger partial charge in [0.2, 0.25) is 0 Å². The minimum absolute atomic E-state index is 0.0385. The second kappa shape index (κ2) is 5.42. The van der Waals surface area contributed by atoms with Crippen LogP contribution in [0.15, 0.2) is 41.5 Å². The van der Waals surface area contributed by atoms with Crippen LogP contribution in [0.4, 0.5) is 0 Å². The number of hydrogen-bond donors (Lipinski definition) is 1. The van der Waals surface area contributed by atoms with Crippen molar-refractivity contribution >= 4 is 12.8 Å². The Balaban J connectivity index is 3.21. The Morgan fingerprint density at radius 3 is 2.69 bits per heavy atom. The topological polar surface area (TPSA) is 38.4 Å². The number of rotatable bonds is 4. The van der Waals surface area contributed by atoms with Crippen LogP contribution in [0.25, 0.3) is 6.08 Å². The Kier molecular flexibility index (Phi) is 4.20. The van der Waals surface area contributed by atoms with E-state index in [-0.39, 0.29) is 6.04 Å². The van der Waals surface area contributed by atoms with Crippen molar-refractivity contribution in [2.75, 3.05) is 0 Å². The van der Waals surface area contributed by atoms with Gasteiger partial charge in [-0.05, 0) is 55.5 Å². The average molecular weight is 214 g/mol. The highest BCUT2D eigenvalue weighted by Crippen LogP contribution is 2.18. The van der Waals surface area contributed by atoms with Gasteiger partial charge in [-0.15, -0.1) is 0 Å². The molecular formula is C14H18N2. The molecule has 0 spiro atoms. The third-order valence-electron chi connectivity index (χ3n) is 2.52. The summed E-state index contributed by atoms with van der Waals surface area (Å²) in [5.41, 5.74) is 10.0. The quantitative estimate of drug-likeness (QED) is 0.606. The Hall–Kier alpha value is -1.67. The van der Waals surface area contributed by atoms with E-state index < -0.39 is 0 Å². The summed E-state index contributed by atoms with van der Waals surface area (Å²) in [6.45, 7) is 11.2. The molecular weight excluding hydrogens is 196 g/mol. The van der Waals surface area contributed by atoms with E-state index in [0.717, 1.165) is 16.8 Å². The lowest BCUT2D eigenvalue weighted by Gasteiger charge is -2.09. The van der Waals surface area contributed by atoms with Crippen molar-refractivity contribution in [3.63, 3.8) is 0 Å². The van der Waals surface area contributed by atoms with E-state index in [4.69, 9.17) is 5.73 Å². The van der Waals surface area contributed by atoms with Crippen molar-refractivity contribution in [2.24, 2.45) is 10.7 Å². The van der Waals surface area contributed by atoms with E-state index >= 15 is 0 Å². The Morgan fingerprint density at radius 1 is 1.50 bits per heavy atom. The van der Waals surface area contributed by atoms with Crippen LogP contribution in [-0.4, -0.2) is 6.72 Å². The second-order valence-corrected chi connectivity index (χ2v) is 3.84. The molecule has 0 unspecified atom stereocenters. The summed E-state index contributed by atoms with van der Waals surface area (Å²) in [6.07, 6.45) is 3.65. The van der Waals surface area contributed by atoms with Crippen LogP contribution < -0.4 is 5.73 Å². The van der Waals surface area contributed by atoms with Crippen LogP contribution in [0.3, 0.4) is 0 Å². The van der Waals surface area contributed by atoms with Crippen molar-refractivity contribution in [3.05, 3.63) is 53.2 Å². The van der Waals surface area contributed by atoms with Crippen molar-refractivity contribution < 1.29 is 0 Å². The lowest BCUT2D eigenvalue weighted by Crippen LogP contribution is -2.05. The van der Waals surface area contributed by atoms with E-state index in [1.807, 2.05) is 19.1 Å². The third-order valence-corrected chi connectivity index (χ3v) is 2.52. The van der Waals surface area contributed by atoms with Crippen molar-refractivity contribution in [1.82, 2.24) is 0 Å². The zero-order valence-corrected chi connectivity index (χ0v) is 9.90. The second-order valence-electron chi connectivity index (χ2n) is 3.84. The molecule has 0 saturated heterocycles. The first-order valence-corrected chi connectivity index (χ1v) is 5.25. The van der Waals surface area contributed by atoms with Crippen LogP contribution in [-0.2, 0) is 0 Å². The molecule has 1 rings (SSSR count). The van der Waals surface area contributed by atoms with Crippen LogP contribution in [0.2, 0.25) is 0 Å². The highest BCUT2D eigenvalue weighted by Gasteiger charge is 2.02. The number of benzene rings is 1. The molecule has 0 bridgehead atoms. The molecule has 2 heteroatoms. The fourth-order valence-corrected chi connectivity index (χ4v) is 1.43. The molecule has 2 N–H and O–H groups in total. The first-order chi connectivity index (χ1) is 7.58. The number of aliphatic imine (C=N–C) groups is 1. The highest BCUT2D eigenvalue weighted by atomic mass is 14.7. The van der Waals surface area contributed by atoms with Gasteiger partial charge in [0.05, 0.1) is 5.70 Å². The van der Waals surface area contributed by atoms with E-state index in [1.54, 1.807) is 6.08 Å². The highest BCUT2D eigenvalue weighted by molar-refractivity contribution is 5.60. The smallest absolute Gasteiger partial charge is 0.0622 e. The summed E-state index contributed by atoms with van der Waals surface area (Å²) in [7, 11) is 0. The van der Waals surface area contributed by atoms with E-state index in [9.17, 15) is 0 Å². The molecule has 0 aliphatic carbocycles. The van der Waals surface area contributed by atoms with Crippen LogP contribution in [0, 0.1) is 6.92 Å². The van der Waals surface area contributed by atoms with Crippen LogP contribution >= 0.6 is 0 Å². The molecule has 0 amide bonds. The lowest BCUT2D eigenvalue weighted by molar-refractivity contribution is 0.817. The van der Waals surface area contributed by atoms with Crippen molar-refractivity contribution in [3.8, 4) is 0 Å². The molecule has 0 fully saturated rings. The van der Waals surface area contributed by atoms with E-state index in [0.29, 0.717) is 0 Å². The van der Waals surface area contributed by atoms with E-state index in [1.165, 1.54) is 5.56 Å². The zero-order chi connectivity index (χ0) is 12.1. The maximum atomic E-state index is 5.85. The van der Waals surface area contributed by atoms with Crippen molar-refractivity contribution in [2.45, 2.75) is 19.9 Å². The Bertz CT molecular complexity index is 418. The number of aryl methyl sites for hydroxylation is 1. The SMILES string of the molecule is C=C/C(=C/c1cc([C@@H](C)N)ccc1C)N=C. The van der Waals surface area contributed by atoms with Gasteiger partial charge in [-0.1, -0.05) is 18.7 Å². The van der Waals surface area contributed by atoms with Gasteiger partial charge in [-0.3, -0.25) is 4.99 Å². The normalized spacial score (nSPS) is 13.3. The maximum absolute atomic E-state index is 5.85. The van der Waals surface area contributed by atoms with Gasteiger partial charge in [-0.2, -0.15) is 0 Å². The standard InChI is InChI=1S/C14H18N2/c1-5-14(16-4)9-13-8-12(11(3)15)7-6-10(13)2/h5-9,11H,1,4,15H2,2-3H3/b14-9-/t11-/m1/s1. The lowest BCUT2D eigenvalue weighted by atomic mass is 10.0.